The van der Waals surface area contributed by atoms with Gasteiger partial charge in [0.1, 0.15) is 5.01 Å². The average molecular weight is 289 g/mol. The topological polar surface area (TPSA) is 41.1 Å². The Hall–Kier alpha value is -0.230. The molecule has 0 amide bonds. The van der Waals surface area contributed by atoms with Crippen molar-refractivity contribution in [1.29, 1.82) is 0 Å². The van der Waals surface area contributed by atoms with Crippen LogP contribution in [0.15, 0.2) is 0 Å². The first-order valence-corrected chi connectivity index (χ1v) is 7.76. The summed E-state index contributed by atoms with van der Waals surface area (Å²) in [5, 5.41) is 12.5. The molecule has 1 aromatic heterocycles. The fraction of sp³-hybridized carbons (Fsp3) is 0.833. The van der Waals surface area contributed by atoms with Gasteiger partial charge >= 0.3 is 0 Å². The van der Waals surface area contributed by atoms with Crippen LogP contribution in [0, 0.1) is 5.92 Å². The maximum Gasteiger partial charge on any atom is 0.207 e. The molecule has 102 valence electrons. The molecule has 1 atom stereocenters. The van der Waals surface area contributed by atoms with E-state index in [1.54, 1.807) is 0 Å². The van der Waals surface area contributed by atoms with Crippen LogP contribution in [0.2, 0.25) is 4.47 Å². The van der Waals surface area contributed by atoms with E-state index >= 15 is 0 Å². The molecule has 1 unspecified atom stereocenters. The fourth-order valence-electron chi connectivity index (χ4n) is 2.43. The predicted molar refractivity (Wildman–Crippen MR) is 76.1 cm³/mol. The second-order valence-electron chi connectivity index (χ2n) is 5.33. The third-order valence-electron chi connectivity index (χ3n) is 3.07. The van der Waals surface area contributed by atoms with Crippen LogP contribution in [-0.4, -0.2) is 40.8 Å². The molecule has 0 spiro atoms. The van der Waals surface area contributed by atoms with Crippen molar-refractivity contribution in [1.82, 2.24) is 20.4 Å². The number of hydrogen-bond donors (Lipinski definition) is 1. The molecule has 2 rings (SSSR count). The summed E-state index contributed by atoms with van der Waals surface area (Å²) in [6.07, 6.45) is 2.58. The number of nitrogens with zero attached hydrogens (tertiary/aromatic N) is 3. The summed E-state index contributed by atoms with van der Waals surface area (Å²) in [7, 11) is 0. The summed E-state index contributed by atoms with van der Waals surface area (Å²) < 4.78 is 0.536. The van der Waals surface area contributed by atoms with E-state index in [1.165, 1.54) is 24.2 Å². The van der Waals surface area contributed by atoms with Gasteiger partial charge in [0.15, 0.2) is 0 Å². The highest BCUT2D eigenvalue weighted by Crippen LogP contribution is 2.18. The lowest BCUT2D eigenvalue weighted by Crippen LogP contribution is -2.38. The van der Waals surface area contributed by atoms with E-state index in [2.05, 4.69) is 34.3 Å². The second-order valence-corrected chi connectivity index (χ2v) is 6.97. The van der Waals surface area contributed by atoms with Gasteiger partial charge in [-0.2, -0.15) is 0 Å². The number of hydrogen-bond acceptors (Lipinski definition) is 5. The van der Waals surface area contributed by atoms with Gasteiger partial charge in [0.05, 0.1) is 6.54 Å². The summed E-state index contributed by atoms with van der Waals surface area (Å²) in [6, 6.07) is 0.632. The minimum atomic E-state index is 0.536. The maximum atomic E-state index is 5.83. The van der Waals surface area contributed by atoms with Gasteiger partial charge in [0.25, 0.3) is 0 Å². The molecule has 1 aliphatic rings. The Morgan fingerprint density at radius 3 is 2.89 bits per heavy atom. The summed E-state index contributed by atoms with van der Waals surface area (Å²) in [4.78, 5) is 2.46. The van der Waals surface area contributed by atoms with Crippen LogP contribution in [0.1, 0.15) is 31.7 Å². The lowest BCUT2D eigenvalue weighted by Gasteiger charge is -2.26. The summed E-state index contributed by atoms with van der Waals surface area (Å²) in [5.74, 6) is 0.662. The van der Waals surface area contributed by atoms with Crippen LogP contribution in [-0.2, 0) is 6.54 Å². The highest BCUT2D eigenvalue weighted by atomic mass is 35.5. The molecule has 1 aliphatic heterocycles. The zero-order chi connectivity index (χ0) is 13.0. The molecule has 0 aromatic carbocycles. The first kappa shape index (κ1) is 14.2. The Kier molecular flexibility index (Phi) is 5.36. The molecule has 2 heterocycles. The largest absolute Gasteiger partial charge is 0.313 e. The van der Waals surface area contributed by atoms with E-state index in [0.29, 0.717) is 16.4 Å². The minimum absolute atomic E-state index is 0.536. The molecule has 0 saturated carbocycles. The van der Waals surface area contributed by atoms with Crippen LogP contribution in [0.3, 0.4) is 0 Å². The van der Waals surface area contributed by atoms with E-state index in [9.17, 15) is 0 Å². The molecule has 1 fully saturated rings. The van der Waals surface area contributed by atoms with Crippen LogP contribution in [0.4, 0.5) is 0 Å². The molecule has 6 heteroatoms. The number of aromatic nitrogens is 2. The molecule has 4 nitrogen and oxygen atoms in total. The molecular weight excluding hydrogens is 268 g/mol. The van der Waals surface area contributed by atoms with Crippen molar-refractivity contribution in [2.45, 2.75) is 39.3 Å². The SMILES string of the molecule is CC(C)CN(Cc1nnc(Cl)s1)CC1CCCN1. The molecule has 0 aliphatic carbocycles. The zero-order valence-electron chi connectivity index (χ0n) is 11.0. The van der Waals surface area contributed by atoms with E-state index < -0.39 is 0 Å². The Labute approximate surface area is 118 Å². The van der Waals surface area contributed by atoms with Crippen molar-refractivity contribution in [3.63, 3.8) is 0 Å². The van der Waals surface area contributed by atoms with Crippen LogP contribution in [0.5, 0.6) is 0 Å². The molecule has 1 N–H and O–H groups in total. The molecular formula is C12H21ClN4S. The molecule has 18 heavy (non-hydrogen) atoms. The molecule has 0 bridgehead atoms. The molecule has 1 aromatic rings. The Morgan fingerprint density at radius 2 is 2.33 bits per heavy atom. The quantitative estimate of drug-likeness (QED) is 0.873. The summed E-state index contributed by atoms with van der Waals surface area (Å²) in [5.41, 5.74) is 0. The van der Waals surface area contributed by atoms with E-state index in [1.807, 2.05) is 0 Å². The number of nitrogens with one attached hydrogen (secondary N) is 1. The second kappa shape index (κ2) is 6.80. The standard InChI is InChI=1S/C12H21ClN4S/c1-9(2)6-17(7-10-4-3-5-14-10)8-11-15-16-12(13)18-11/h9-10,14H,3-8H2,1-2H3. The van der Waals surface area contributed by atoms with Crippen molar-refractivity contribution in [2.75, 3.05) is 19.6 Å². The van der Waals surface area contributed by atoms with E-state index in [0.717, 1.165) is 31.2 Å². The minimum Gasteiger partial charge on any atom is -0.313 e. The monoisotopic (exact) mass is 288 g/mol. The number of rotatable bonds is 6. The van der Waals surface area contributed by atoms with Crippen molar-refractivity contribution >= 4 is 22.9 Å². The van der Waals surface area contributed by atoms with Gasteiger partial charge in [-0.3, -0.25) is 4.90 Å². The summed E-state index contributed by atoms with van der Waals surface area (Å²) in [6.45, 7) is 8.71. The Balaban J connectivity index is 1.91. The first-order chi connectivity index (χ1) is 8.63. The van der Waals surface area contributed by atoms with Gasteiger partial charge in [0.2, 0.25) is 4.47 Å². The van der Waals surface area contributed by atoms with Crippen molar-refractivity contribution in [3.05, 3.63) is 9.47 Å². The third kappa shape index (κ3) is 4.46. The third-order valence-corrected chi connectivity index (χ3v) is 4.07. The highest BCUT2D eigenvalue weighted by Gasteiger charge is 2.19. The first-order valence-electron chi connectivity index (χ1n) is 6.57. The lowest BCUT2D eigenvalue weighted by atomic mass is 10.1. The van der Waals surface area contributed by atoms with Gasteiger partial charge in [-0.15, -0.1) is 10.2 Å². The number of halogens is 1. The normalized spacial score (nSPS) is 20.2. The smallest absolute Gasteiger partial charge is 0.207 e. The van der Waals surface area contributed by atoms with Crippen LogP contribution in [0.25, 0.3) is 0 Å². The van der Waals surface area contributed by atoms with Gasteiger partial charge in [0, 0.05) is 19.1 Å². The maximum absolute atomic E-state index is 5.83. The zero-order valence-corrected chi connectivity index (χ0v) is 12.6. The van der Waals surface area contributed by atoms with Crippen LogP contribution < -0.4 is 5.32 Å². The molecule has 0 radical (unpaired) electrons. The summed E-state index contributed by atoms with van der Waals surface area (Å²) >= 11 is 7.32. The fourth-order valence-corrected chi connectivity index (χ4v) is 3.34. The molecule has 1 saturated heterocycles. The van der Waals surface area contributed by atoms with E-state index in [4.69, 9.17) is 11.6 Å². The van der Waals surface area contributed by atoms with Crippen molar-refractivity contribution < 1.29 is 0 Å². The average Bonchev–Trinajstić information content (AvgIpc) is 2.89. The van der Waals surface area contributed by atoms with Gasteiger partial charge in [-0.25, -0.2) is 0 Å². The van der Waals surface area contributed by atoms with Gasteiger partial charge in [-0.05, 0) is 36.9 Å². The highest BCUT2D eigenvalue weighted by molar-refractivity contribution is 7.15. The van der Waals surface area contributed by atoms with Crippen molar-refractivity contribution in [2.24, 2.45) is 5.92 Å². The lowest BCUT2D eigenvalue weighted by molar-refractivity contribution is 0.215. The Bertz CT molecular complexity index is 363. The van der Waals surface area contributed by atoms with Crippen LogP contribution >= 0.6 is 22.9 Å². The van der Waals surface area contributed by atoms with Gasteiger partial charge in [-0.1, -0.05) is 25.2 Å². The Morgan fingerprint density at radius 1 is 1.50 bits per heavy atom. The van der Waals surface area contributed by atoms with E-state index in [-0.39, 0.29) is 0 Å². The van der Waals surface area contributed by atoms with Gasteiger partial charge < -0.3 is 5.32 Å². The predicted octanol–water partition coefficient (Wildman–Crippen LogP) is 2.40. The van der Waals surface area contributed by atoms with Crippen molar-refractivity contribution in [3.8, 4) is 0 Å².